The molecule has 0 saturated heterocycles. The van der Waals surface area contributed by atoms with Crippen molar-refractivity contribution in [1.29, 1.82) is 0 Å². The Morgan fingerprint density at radius 3 is 2.67 bits per heavy atom. The summed E-state index contributed by atoms with van der Waals surface area (Å²) in [4.78, 5) is 12.9. The number of ether oxygens (including phenoxy) is 2. The maximum atomic E-state index is 12.9. The van der Waals surface area contributed by atoms with Crippen LogP contribution < -0.4 is 20.3 Å². The number of aryl methyl sites for hydroxylation is 2. The van der Waals surface area contributed by atoms with E-state index >= 15 is 0 Å². The average molecular weight is 366 g/mol. The van der Waals surface area contributed by atoms with Crippen LogP contribution >= 0.6 is 0 Å². The Morgan fingerprint density at radius 1 is 1.07 bits per heavy atom. The van der Waals surface area contributed by atoms with E-state index in [0.29, 0.717) is 17.9 Å². The number of anilines is 1. The summed E-state index contributed by atoms with van der Waals surface area (Å²) in [6.45, 7) is 4.88. The molecule has 27 heavy (non-hydrogen) atoms. The molecule has 0 saturated carbocycles. The van der Waals surface area contributed by atoms with Crippen molar-refractivity contribution in [1.82, 2.24) is 4.57 Å². The molecule has 4 rings (SSSR count). The first kappa shape index (κ1) is 17.4. The van der Waals surface area contributed by atoms with Crippen molar-refractivity contribution < 1.29 is 14.6 Å². The lowest BCUT2D eigenvalue weighted by Gasteiger charge is -2.15. The zero-order valence-electron chi connectivity index (χ0n) is 15.4. The van der Waals surface area contributed by atoms with Crippen LogP contribution in [0.1, 0.15) is 16.7 Å². The number of fused-ring (bicyclic) bond motifs is 2. The molecule has 3 aromatic rings. The summed E-state index contributed by atoms with van der Waals surface area (Å²) in [5, 5.41) is 13.7. The van der Waals surface area contributed by atoms with Gasteiger partial charge in [-0.05, 0) is 60.7 Å². The second-order valence-electron chi connectivity index (χ2n) is 6.77. The average Bonchev–Trinajstić information content (AvgIpc) is 3.12. The molecular weight excluding hydrogens is 344 g/mol. The highest BCUT2D eigenvalue weighted by atomic mass is 16.7. The number of hydrogen-bond acceptors (Lipinski definition) is 5. The van der Waals surface area contributed by atoms with Crippen LogP contribution in [-0.4, -0.2) is 23.1 Å². The minimum absolute atomic E-state index is 0.0824. The molecule has 2 N–H and O–H groups in total. The minimum Gasteiger partial charge on any atom is -0.454 e. The Labute approximate surface area is 157 Å². The summed E-state index contributed by atoms with van der Waals surface area (Å²) in [5.74, 6) is 1.42. The monoisotopic (exact) mass is 366 g/mol. The SMILES string of the molecule is Cc1cc2cc(CNc3ccc4c(c3)OCO4)c(=O)n(CCO)c2cc1C. The highest BCUT2D eigenvalue weighted by molar-refractivity contribution is 5.81. The van der Waals surface area contributed by atoms with Gasteiger partial charge in [-0.15, -0.1) is 0 Å². The third-order valence-electron chi connectivity index (χ3n) is 4.96. The summed E-state index contributed by atoms with van der Waals surface area (Å²) in [6.07, 6.45) is 0. The minimum atomic E-state index is -0.0898. The van der Waals surface area contributed by atoms with Crippen LogP contribution in [0.5, 0.6) is 11.5 Å². The van der Waals surface area contributed by atoms with E-state index in [-0.39, 0.29) is 25.5 Å². The lowest BCUT2D eigenvalue weighted by molar-refractivity contribution is 0.174. The topological polar surface area (TPSA) is 72.7 Å². The number of aromatic nitrogens is 1. The van der Waals surface area contributed by atoms with E-state index < -0.39 is 0 Å². The lowest BCUT2D eigenvalue weighted by atomic mass is 10.0. The molecule has 0 radical (unpaired) electrons. The number of benzene rings is 2. The largest absolute Gasteiger partial charge is 0.454 e. The maximum Gasteiger partial charge on any atom is 0.256 e. The molecule has 0 fully saturated rings. The summed E-state index contributed by atoms with van der Waals surface area (Å²) < 4.78 is 12.4. The van der Waals surface area contributed by atoms with Gasteiger partial charge in [0.15, 0.2) is 11.5 Å². The third kappa shape index (κ3) is 3.24. The predicted octanol–water partition coefficient (Wildman–Crippen LogP) is 2.95. The summed E-state index contributed by atoms with van der Waals surface area (Å²) in [7, 11) is 0. The van der Waals surface area contributed by atoms with Crippen LogP contribution in [0.25, 0.3) is 10.9 Å². The molecule has 0 bridgehead atoms. The number of nitrogens with one attached hydrogen (secondary N) is 1. The molecule has 1 aromatic heterocycles. The first-order valence-electron chi connectivity index (χ1n) is 8.95. The van der Waals surface area contributed by atoms with E-state index in [1.807, 2.05) is 37.3 Å². The molecule has 6 heteroatoms. The molecule has 6 nitrogen and oxygen atoms in total. The molecule has 0 atom stereocenters. The van der Waals surface area contributed by atoms with Crippen LogP contribution in [0.4, 0.5) is 5.69 Å². The first-order valence-corrected chi connectivity index (χ1v) is 8.95. The van der Waals surface area contributed by atoms with E-state index in [9.17, 15) is 9.90 Å². The van der Waals surface area contributed by atoms with Crippen LogP contribution in [0, 0.1) is 13.8 Å². The molecule has 1 aliphatic heterocycles. The van der Waals surface area contributed by atoms with Crippen molar-refractivity contribution in [3.63, 3.8) is 0 Å². The van der Waals surface area contributed by atoms with Gasteiger partial charge in [-0.2, -0.15) is 0 Å². The Bertz CT molecular complexity index is 1070. The highest BCUT2D eigenvalue weighted by Gasteiger charge is 2.14. The number of aliphatic hydroxyl groups excluding tert-OH is 1. The molecule has 1 aliphatic rings. The standard InChI is InChI=1S/C21H22N2O4/c1-13-7-15-9-16(21(25)23(5-6-24)18(15)8-14(13)2)11-22-17-3-4-19-20(10-17)27-12-26-19/h3-4,7-10,22,24H,5-6,11-12H2,1-2H3. The molecule has 0 unspecified atom stereocenters. The number of hydrogen-bond donors (Lipinski definition) is 2. The number of pyridine rings is 1. The molecular formula is C21H22N2O4. The van der Waals surface area contributed by atoms with Crippen molar-refractivity contribution in [3.8, 4) is 11.5 Å². The predicted molar refractivity (Wildman–Crippen MR) is 105 cm³/mol. The van der Waals surface area contributed by atoms with Gasteiger partial charge in [0.05, 0.1) is 12.1 Å². The summed E-state index contributed by atoms with van der Waals surface area (Å²) in [5.41, 5.74) is 4.56. The third-order valence-corrected chi connectivity index (χ3v) is 4.96. The maximum absolute atomic E-state index is 12.9. The Hall–Kier alpha value is -2.99. The molecule has 2 heterocycles. The Kier molecular flexibility index (Phi) is 4.49. The normalized spacial score (nSPS) is 12.6. The number of nitrogens with zero attached hydrogens (tertiary/aromatic N) is 1. The van der Waals surface area contributed by atoms with Crippen molar-refractivity contribution in [2.24, 2.45) is 0 Å². The van der Waals surface area contributed by atoms with Gasteiger partial charge >= 0.3 is 0 Å². The Balaban J connectivity index is 1.69. The van der Waals surface area contributed by atoms with Gasteiger partial charge in [0.1, 0.15) is 0 Å². The van der Waals surface area contributed by atoms with Crippen LogP contribution in [0.2, 0.25) is 0 Å². The number of rotatable bonds is 5. The molecule has 0 spiro atoms. The van der Waals surface area contributed by atoms with Crippen molar-refractivity contribution in [2.45, 2.75) is 26.9 Å². The van der Waals surface area contributed by atoms with Crippen LogP contribution in [0.3, 0.4) is 0 Å². The Morgan fingerprint density at radius 2 is 1.85 bits per heavy atom. The van der Waals surface area contributed by atoms with E-state index in [1.165, 1.54) is 5.56 Å². The number of aliphatic hydroxyl groups is 1. The fourth-order valence-electron chi connectivity index (χ4n) is 3.36. The van der Waals surface area contributed by atoms with Crippen molar-refractivity contribution in [3.05, 3.63) is 63.4 Å². The van der Waals surface area contributed by atoms with Crippen molar-refractivity contribution in [2.75, 3.05) is 18.7 Å². The second-order valence-corrected chi connectivity index (χ2v) is 6.77. The molecule has 0 aliphatic carbocycles. The first-order chi connectivity index (χ1) is 13.1. The van der Waals surface area contributed by atoms with Gasteiger partial charge in [0.25, 0.3) is 5.56 Å². The summed E-state index contributed by atoms with van der Waals surface area (Å²) >= 11 is 0. The van der Waals surface area contributed by atoms with Gasteiger partial charge < -0.3 is 24.5 Å². The van der Waals surface area contributed by atoms with Crippen molar-refractivity contribution >= 4 is 16.6 Å². The van der Waals surface area contributed by atoms with E-state index in [4.69, 9.17) is 9.47 Å². The van der Waals surface area contributed by atoms with E-state index in [2.05, 4.69) is 18.3 Å². The van der Waals surface area contributed by atoms with Crippen LogP contribution in [-0.2, 0) is 13.1 Å². The second kappa shape index (κ2) is 6.96. The molecule has 140 valence electrons. The smallest absolute Gasteiger partial charge is 0.256 e. The molecule has 0 amide bonds. The lowest BCUT2D eigenvalue weighted by Crippen LogP contribution is -2.26. The quantitative estimate of drug-likeness (QED) is 0.726. The van der Waals surface area contributed by atoms with Gasteiger partial charge in [0, 0.05) is 30.4 Å². The highest BCUT2D eigenvalue weighted by Crippen LogP contribution is 2.34. The fraction of sp³-hybridized carbons (Fsp3) is 0.286. The zero-order valence-corrected chi connectivity index (χ0v) is 15.4. The van der Waals surface area contributed by atoms with E-state index in [0.717, 1.165) is 27.9 Å². The van der Waals surface area contributed by atoms with Gasteiger partial charge in [0.2, 0.25) is 6.79 Å². The van der Waals surface area contributed by atoms with Crippen LogP contribution in [0.15, 0.2) is 41.2 Å². The van der Waals surface area contributed by atoms with E-state index in [1.54, 1.807) is 4.57 Å². The fourth-order valence-corrected chi connectivity index (χ4v) is 3.36. The molecule has 2 aromatic carbocycles. The van der Waals surface area contributed by atoms with Gasteiger partial charge in [-0.3, -0.25) is 4.79 Å². The van der Waals surface area contributed by atoms with Gasteiger partial charge in [-0.1, -0.05) is 0 Å². The van der Waals surface area contributed by atoms with Gasteiger partial charge in [-0.25, -0.2) is 0 Å². The summed E-state index contributed by atoms with van der Waals surface area (Å²) in [6, 6.07) is 11.6. The zero-order chi connectivity index (χ0) is 19.0.